The summed E-state index contributed by atoms with van der Waals surface area (Å²) in [5.41, 5.74) is 2.82. The molecule has 0 aliphatic heterocycles. The molecule has 0 radical (unpaired) electrons. The number of halogens is 1. The van der Waals surface area contributed by atoms with E-state index in [-0.39, 0.29) is 24.2 Å². The fraction of sp³-hybridized carbons (Fsp3) is 0.258. The minimum atomic E-state index is -0.994. The molecule has 0 amide bonds. The number of carbonyl (C=O) groups is 2. The second-order valence-corrected chi connectivity index (χ2v) is 9.79. The Morgan fingerprint density at radius 2 is 1.53 bits per heavy atom. The molecular formula is C31H31FN2O4. The summed E-state index contributed by atoms with van der Waals surface area (Å²) in [7, 11) is 0. The first-order chi connectivity index (χ1) is 18.3. The molecular weight excluding hydrogens is 483 g/mol. The Bertz CT molecular complexity index is 1480. The summed E-state index contributed by atoms with van der Waals surface area (Å²) in [6, 6.07) is 23.2. The predicted molar refractivity (Wildman–Crippen MR) is 145 cm³/mol. The fourth-order valence-corrected chi connectivity index (χ4v) is 4.53. The van der Waals surface area contributed by atoms with Crippen molar-refractivity contribution >= 4 is 11.9 Å². The third-order valence-corrected chi connectivity index (χ3v) is 6.64. The number of aromatic nitrogens is 2. The summed E-state index contributed by atoms with van der Waals surface area (Å²) < 4.78 is 17.6. The van der Waals surface area contributed by atoms with Crippen molar-refractivity contribution in [2.75, 3.05) is 0 Å². The van der Waals surface area contributed by atoms with Gasteiger partial charge in [-0.25, -0.2) is 14.2 Å². The number of aromatic carboxylic acids is 1. The number of aryl methyl sites for hydroxylation is 1. The maximum absolute atomic E-state index is 15.5. The Morgan fingerprint density at radius 1 is 0.868 bits per heavy atom. The molecule has 1 aromatic heterocycles. The summed E-state index contributed by atoms with van der Waals surface area (Å²) >= 11 is 0. The number of carboxylic acids is 1. The number of carboxylic acid groups (broad SMARTS) is 1. The van der Waals surface area contributed by atoms with Crippen molar-refractivity contribution in [3.05, 3.63) is 118 Å². The van der Waals surface area contributed by atoms with Gasteiger partial charge in [0.25, 0.3) is 0 Å². The van der Waals surface area contributed by atoms with E-state index in [4.69, 9.17) is 0 Å². The van der Waals surface area contributed by atoms with Crippen LogP contribution >= 0.6 is 0 Å². The molecule has 0 bridgehead atoms. The second kappa shape index (κ2) is 11.9. The van der Waals surface area contributed by atoms with Gasteiger partial charge in [0.1, 0.15) is 0 Å². The number of rotatable bonds is 10. The van der Waals surface area contributed by atoms with Gasteiger partial charge >= 0.3 is 11.7 Å². The van der Waals surface area contributed by atoms with Crippen LogP contribution in [0.4, 0.5) is 4.39 Å². The van der Waals surface area contributed by atoms with Gasteiger partial charge in [-0.1, -0.05) is 86.6 Å². The van der Waals surface area contributed by atoms with Crippen molar-refractivity contribution < 1.29 is 19.1 Å². The van der Waals surface area contributed by atoms with Gasteiger partial charge in [0, 0.05) is 6.54 Å². The number of nitrogens with zero attached hydrogens (tertiary/aromatic N) is 2. The molecule has 7 heteroatoms. The lowest BCUT2D eigenvalue weighted by atomic mass is 9.98. The first-order valence-electron chi connectivity index (χ1n) is 12.7. The van der Waals surface area contributed by atoms with Gasteiger partial charge in [0.15, 0.2) is 0 Å². The van der Waals surface area contributed by atoms with E-state index in [0.29, 0.717) is 40.9 Å². The van der Waals surface area contributed by atoms with Gasteiger partial charge in [0.2, 0.25) is 11.9 Å². The SMILES string of the molecule is CC(C)CCc1c(F)n(C(=O)Cc2ccccc2)c(=O)n1CCc1ccc(-c2ccccc2C(=O)O)cc1. The smallest absolute Gasteiger partial charge is 0.337 e. The van der Waals surface area contributed by atoms with E-state index in [0.717, 1.165) is 11.1 Å². The topological polar surface area (TPSA) is 81.3 Å². The minimum Gasteiger partial charge on any atom is -0.478 e. The van der Waals surface area contributed by atoms with Crippen molar-refractivity contribution in [1.29, 1.82) is 0 Å². The van der Waals surface area contributed by atoms with Gasteiger partial charge in [-0.15, -0.1) is 0 Å². The van der Waals surface area contributed by atoms with E-state index in [1.54, 1.807) is 48.5 Å². The van der Waals surface area contributed by atoms with Crippen molar-refractivity contribution in [2.45, 2.75) is 46.1 Å². The summed E-state index contributed by atoms with van der Waals surface area (Å²) in [6.45, 7) is 4.28. The molecule has 4 rings (SSSR count). The van der Waals surface area contributed by atoms with Crippen molar-refractivity contribution in [1.82, 2.24) is 9.13 Å². The molecule has 0 unspecified atom stereocenters. The van der Waals surface area contributed by atoms with Crippen LogP contribution in [0.2, 0.25) is 0 Å². The second-order valence-electron chi connectivity index (χ2n) is 9.79. The highest BCUT2D eigenvalue weighted by Crippen LogP contribution is 2.24. The Hall–Kier alpha value is -4.26. The Balaban J connectivity index is 1.58. The van der Waals surface area contributed by atoms with E-state index in [1.807, 2.05) is 44.2 Å². The number of benzene rings is 3. The lowest BCUT2D eigenvalue weighted by molar-refractivity contribution is 0.0697. The van der Waals surface area contributed by atoms with Crippen LogP contribution in [0.3, 0.4) is 0 Å². The molecule has 6 nitrogen and oxygen atoms in total. The van der Waals surface area contributed by atoms with Gasteiger partial charge in [-0.2, -0.15) is 4.39 Å². The molecule has 0 saturated carbocycles. The molecule has 0 aliphatic rings. The van der Waals surface area contributed by atoms with E-state index in [9.17, 15) is 19.5 Å². The van der Waals surface area contributed by atoms with Gasteiger partial charge < -0.3 is 5.11 Å². The quantitative estimate of drug-likeness (QED) is 0.287. The van der Waals surface area contributed by atoms with E-state index in [2.05, 4.69) is 0 Å². The number of imidazole rings is 1. The largest absolute Gasteiger partial charge is 0.478 e. The van der Waals surface area contributed by atoms with Gasteiger partial charge in [-0.3, -0.25) is 9.36 Å². The van der Waals surface area contributed by atoms with Crippen LogP contribution in [0, 0.1) is 11.9 Å². The van der Waals surface area contributed by atoms with Crippen molar-refractivity contribution in [2.24, 2.45) is 5.92 Å². The Kier molecular flexibility index (Phi) is 8.36. The predicted octanol–water partition coefficient (Wildman–Crippen LogP) is 5.87. The van der Waals surface area contributed by atoms with Crippen LogP contribution in [0.15, 0.2) is 83.7 Å². The average molecular weight is 515 g/mol. The lowest BCUT2D eigenvalue weighted by Gasteiger charge is -2.10. The highest BCUT2D eigenvalue weighted by molar-refractivity contribution is 5.96. The molecule has 0 aliphatic carbocycles. The standard InChI is InChI=1S/C31H31FN2O4/c1-21(2)12-17-27-29(32)34(28(35)20-23-8-4-3-5-9-23)31(38)33(27)19-18-22-13-15-24(16-14-22)25-10-6-7-11-26(25)30(36)37/h3-11,13-16,21H,12,17-20H2,1-2H3,(H,36,37). The van der Waals surface area contributed by atoms with Crippen molar-refractivity contribution in [3.63, 3.8) is 0 Å². The molecule has 1 heterocycles. The average Bonchev–Trinajstić information content (AvgIpc) is 3.15. The zero-order valence-electron chi connectivity index (χ0n) is 21.6. The summed E-state index contributed by atoms with van der Waals surface area (Å²) in [5, 5.41) is 9.48. The number of hydrogen-bond donors (Lipinski definition) is 1. The maximum atomic E-state index is 15.5. The highest BCUT2D eigenvalue weighted by atomic mass is 19.1. The molecule has 1 N–H and O–H groups in total. The summed E-state index contributed by atoms with van der Waals surface area (Å²) in [6.07, 6.45) is 1.43. The first-order valence-corrected chi connectivity index (χ1v) is 12.7. The van der Waals surface area contributed by atoms with Gasteiger partial charge in [0.05, 0.1) is 17.7 Å². The molecule has 0 atom stereocenters. The van der Waals surface area contributed by atoms with Crippen LogP contribution < -0.4 is 5.69 Å². The van der Waals surface area contributed by atoms with Crippen LogP contribution in [0.25, 0.3) is 11.1 Å². The van der Waals surface area contributed by atoms with E-state index < -0.39 is 23.5 Å². The molecule has 4 aromatic rings. The molecule has 0 spiro atoms. The molecule has 3 aromatic carbocycles. The zero-order valence-corrected chi connectivity index (χ0v) is 21.6. The highest BCUT2D eigenvalue weighted by Gasteiger charge is 2.24. The Labute approximate surface area is 221 Å². The summed E-state index contributed by atoms with van der Waals surface area (Å²) in [5.74, 6) is -2.06. The maximum Gasteiger partial charge on any atom is 0.337 e. The fourth-order valence-electron chi connectivity index (χ4n) is 4.53. The van der Waals surface area contributed by atoms with Crippen molar-refractivity contribution in [3.8, 4) is 11.1 Å². The van der Waals surface area contributed by atoms with E-state index >= 15 is 4.39 Å². The Morgan fingerprint density at radius 3 is 2.18 bits per heavy atom. The van der Waals surface area contributed by atoms with E-state index in [1.165, 1.54) is 4.57 Å². The molecule has 196 valence electrons. The normalized spacial score (nSPS) is 11.2. The summed E-state index contributed by atoms with van der Waals surface area (Å²) in [4.78, 5) is 37.8. The monoisotopic (exact) mass is 514 g/mol. The third kappa shape index (κ3) is 5.99. The first kappa shape index (κ1) is 26.8. The van der Waals surface area contributed by atoms with Gasteiger partial charge in [-0.05, 0) is 53.5 Å². The van der Waals surface area contributed by atoms with Crippen LogP contribution in [0.5, 0.6) is 0 Å². The molecule has 0 saturated heterocycles. The molecule has 38 heavy (non-hydrogen) atoms. The van der Waals surface area contributed by atoms with Crippen LogP contribution in [0.1, 0.15) is 52.2 Å². The molecule has 0 fully saturated rings. The van der Waals surface area contributed by atoms with Crippen LogP contribution in [-0.2, 0) is 25.8 Å². The van der Waals surface area contributed by atoms with Crippen LogP contribution in [-0.4, -0.2) is 26.1 Å². The zero-order chi connectivity index (χ0) is 27.2. The number of hydrogen-bond acceptors (Lipinski definition) is 3. The third-order valence-electron chi connectivity index (χ3n) is 6.64. The number of carbonyl (C=O) groups excluding carboxylic acids is 1. The lowest BCUT2D eigenvalue weighted by Crippen LogP contribution is -2.31. The minimum absolute atomic E-state index is 0.0649.